The Hall–Kier alpha value is -0.990. The maximum absolute atomic E-state index is 11.4. The van der Waals surface area contributed by atoms with Crippen LogP contribution in [0.4, 0.5) is 0 Å². The van der Waals surface area contributed by atoms with Crippen LogP contribution < -0.4 is 4.72 Å². The van der Waals surface area contributed by atoms with E-state index in [0.29, 0.717) is 12.3 Å². The number of sulfonamides is 1. The summed E-state index contributed by atoms with van der Waals surface area (Å²) in [6.07, 6.45) is 5.03. The molecule has 2 fully saturated rings. The van der Waals surface area contributed by atoms with Crippen molar-refractivity contribution in [2.24, 2.45) is 0 Å². The van der Waals surface area contributed by atoms with Crippen LogP contribution in [-0.4, -0.2) is 49.3 Å². The summed E-state index contributed by atoms with van der Waals surface area (Å²) in [5.74, 6) is 2.18. The zero-order valence-electron chi connectivity index (χ0n) is 12.3. The average Bonchev–Trinajstić information content (AvgIpc) is 3.01. The highest BCUT2D eigenvalue weighted by atomic mass is 32.2. The smallest absolute Gasteiger partial charge is 0.229 e. The zero-order valence-corrected chi connectivity index (χ0v) is 13.1. The Bertz CT molecular complexity index is 582. The van der Waals surface area contributed by atoms with Crippen LogP contribution in [0, 0.1) is 0 Å². The van der Waals surface area contributed by atoms with E-state index in [-0.39, 0.29) is 11.8 Å². The van der Waals surface area contributed by atoms with Crippen LogP contribution in [0.2, 0.25) is 0 Å². The van der Waals surface area contributed by atoms with E-state index in [1.807, 2.05) is 0 Å². The fraction of sp³-hybridized carbons (Fsp3) is 0.846. The van der Waals surface area contributed by atoms with Crippen molar-refractivity contribution in [2.75, 3.05) is 25.9 Å². The summed E-state index contributed by atoms with van der Waals surface area (Å²) < 4.78 is 30.6. The van der Waals surface area contributed by atoms with Gasteiger partial charge >= 0.3 is 0 Å². The summed E-state index contributed by atoms with van der Waals surface area (Å²) in [6, 6.07) is 0.179. The summed E-state index contributed by atoms with van der Waals surface area (Å²) in [5.41, 5.74) is 0. The van der Waals surface area contributed by atoms with Gasteiger partial charge in [0, 0.05) is 5.92 Å². The van der Waals surface area contributed by atoms with Crippen molar-refractivity contribution in [1.29, 1.82) is 0 Å². The van der Waals surface area contributed by atoms with E-state index >= 15 is 0 Å². The molecule has 1 saturated heterocycles. The molecule has 1 saturated carbocycles. The van der Waals surface area contributed by atoms with Crippen LogP contribution in [0.15, 0.2) is 4.52 Å². The molecule has 0 unspecified atom stereocenters. The molecule has 1 aliphatic carbocycles. The minimum atomic E-state index is -3.12. The SMILES string of the molecule is CNS(=O)(=O)CCCN1CCC[C@@H]1c1noc(C2CC2)n1. The Balaban J connectivity index is 1.57. The molecule has 2 heterocycles. The summed E-state index contributed by atoms with van der Waals surface area (Å²) in [4.78, 5) is 6.80. The fourth-order valence-corrected chi connectivity index (χ4v) is 3.54. The van der Waals surface area contributed by atoms with Crippen molar-refractivity contribution in [2.45, 2.75) is 44.1 Å². The van der Waals surface area contributed by atoms with E-state index in [9.17, 15) is 8.42 Å². The van der Waals surface area contributed by atoms with Gasteiger partial charge in [-0.1, -0.05) is 5.16 Å². The molecule has 0 radical (unpaired) electrons. The fourth-order valence-electron chi connectivity index (χ4n) is 2.82. The van der Waals surface area contributed by atoms with Gasteiger partial charge in [0.15, 0.2) is 5.82 Å². The number of hydrogen-bond donors (Lipinski definition) is 1. The Morgan fingerprint density at radius 3 is 2.90 bits per heavy atom. The third-order valence-corrected chi connectivity index (χ3v) is 5.66. The summed E-state index contributed by atoms with van der Waals surface area (Å²) in [5, 5.41) is 4.12. The van der Waals surface area contributed by atoms with Crippen LogP contribution in [0.5, 0.6) is 0 Å². The lowest BCUT2D eigenvalue weighted by Gasteiger charge is -2.21. The normalized spacial score (nSPS) is 23.8. The van der Waals surface area contributed by atoms with E-state index in [1.54, 1.807) is 0 Å². The second-order valence-electron chi connectivity index (χ2n) is 5.84. The summed E-state index contributed by atoms with van der Waals surface area (Å²) in [6.45, 7) is 1.72. The van der Waals surface area contributed by atoms with E-state index < -0.39 is 10.0 Å². The lowest BCUT2D eigenvalue weighted by atomic mass is 10.2. The highest BCUT2D eigenvalue weighted by Gasteiger charge is 2.34. The van der Waals surface area contributed by atoms with Crippen molar-refractivity contribution in [3.63, 3.8) is 0 Å². The van der Waals surface area contributed by atoms with Gasteiger partial charge in [0.05, 0.1) is 11.8 Å². The van der Waals surface area contributed by atoms with Gasteiger partial charge in [-0.05, 0) is 52.2 Å². The molecule has 1 atom stereocenters. The van der Waals surface area contributed by atoms with Crippen LogP contribution in [0.1, 0.15) is 55.8 Å². The highest BCUT2D eigenvalue weighted by Crippen LogP contribution is 2.40. The minimum Gasteiger partial charge on any atom is -0.339 e. The van der Waals surface area contributed by atoms with Gasteiger partial charge in [-0.3, -0.25) is 4.90 Å². The third-order valence-electron chi connectivity index (χ3n) is 4.22. The molecule has 1 aromatic rings. The predicted molar refractivity (Wildman–Crippen MR) is 77.3 cm³/mol. The molecule has 21 heavy (non-hydrogen) atoms. The van der Waals surface area contributed by atoms with Crippen molar-refractivity contribution in [1.82, 2.24) is 19.8 Å². The monoisotopic (exact) mass is 314 g/mol. The largest absolute Gasteiger partial charge is 0.339 e. The van der Waals surface area contributed by atoms with Crippen LogP contribution in [-0.2, 0) is 10.0 Å². The molecule has 2 aliphatic rings. The van der Waals surface area contributed by atoms with E-state index in [4.69, 9.17) is 4.52 Å². The molecule has 118 valence electrons. The topological polar surface area (TPSA) is 88.3 Å². The van der Waals surface area contributed by atoms with E-state index in [2.05, 4.69) is 19.8 Å². The van der Waals surface area contributed by atoms with Gasteiger partial charge in [0.1, 0.15) is 0 Å². The van der Waals surface area contributed by atoms with Gasteiger partial charge in [0.25, 0.3) is 0 Å². The Morgan fingerprint density at radius 2 is 2.19 bits per heavy atom. The number of rotatable bonds is 7. The Labute approximate surface area is 125 Å². The molecule has 0 amide bonds. The zero-order chi connectivity index (χ0) is 14.9. The van der Waals surface area contributed by atoms with Gasteiger partial charge in [0.2, 0.25) is 15.9 Å². The second kappa shape index (κ2) is 6.02. The molecule has 0 spiro atoms. The number of likely N-dealkylation sites (tertiary alicyclic amines) is 1. The highest BCUT2D eigenvalue weighted by molar-refractivity contribution is 7.89. The Morgan fingerprint density at radius 1 is 1.38 bits per heavy atom. The minimum absolute atomic E-state index is 0.159. The van der Waals surface area contributed by atoms with Gasteiger partial charge in [-0.15, -0.1) is 0 Å². The molecule has 0 aromatic carbocycles. The summed E-state index contributed by atoms with van der Waals surface area (Å²) >= 11 is 0. The number of hydrogen-bond acceptors (Lipinski definition) is 6. The second-order valence-corrected chi connectivity index (χ2v) is 7.88. The lowest BCUT2D eigenvalue weighted by molar-refractivity contribution is 0.243. The predicted octanol–water partition coefficient (Wildman–Crippen LogP) is 1.02. The van der Waals surface area contributed by atoms with Gasteiger partial charge in [-0.2, -0.15) is 4.98 Å². The van der Waals surface area contributed by atoms with Crippen LogP contribution in [0.3, 0.4) is 0 Å². The van der Waals surface area contributed by atoms with Crippen molar-refractivity contribution in [3.8, 4) is 0 Å². The van der Waals surface area contributed by atoms with Gasteiger partial charge in [-0.25, -0.2) is 13.1 Å². The maximum Gasteiger partial charge on any atom is 0.229 e. The third kappa shape index (κ3) is 3.61. The molecule has 3 rings (SSSR count). The van der Waals surface area contributed by atoms with Gasteiger partial charge < -0.3 is 4.52 Å². The quantitative estimate of drug-likeness (QED) is 0.808. The number of aromatic nitrogens is 2. The van der Waals surface area contributed by atoms with E-state index in [0.717, 1.165) is 50.5 Å². The lowest BCUT2D eigenvalue weighted by Crippen LogP contribution is -2.29. The molecular formula is C13H22N4O3S. The molecule has 1 aliphatic heterocycles. The van der Waals surface area contributed by atoms with Crippen LogP contribution in [0.25, 0.3) is 0 Å². The molecule has 1 aromatic heterocycles. The van der Waals surface area contributed by atoms with E-state index in [1.165, 1.54) is 7.05 Å². The van der Waals surface area contributed by atoms with Crippen molar-refractivity contribution < 1.29 is 12.9 Å². The first kappa shape index (κ1) is 14.9. The Kier molecular flexibility index (Phi) is 4.28. The summed E-state index contributed by atoms with van der Waals surface area (Å²) in [7, 11) is -1.67. The van der Waals surface area contributed by atoms with Crippen LogP contribution >= 0.6 is 0 Å². The number of nitrogens with zero attached hydrogens (tertiary/aromatic N) is 3. The standard InChI is InChI=1S/C13H22N4O3S/c1-14-21(18,19)9-3-8-17-7-2-4-11(17)12-15-13(20-16-12)10-5-6-10/h10-11,14H,2-9H2,1H3/t11-/m1/s1. The molecule has 8 heteroatoms. The number of nitrogens with one attached hydrogen (secondary N) is 1. The first-order chi connectivity index (χ1) is 10.1. The molecule has 1 N–H and O–H groups in total. The first-order valence-corrected chi connectivity index (χ1v) is 9.23. The van der Waals surface area contributed by atoms with Crippen molar-refractivity contribution in [3.05, 3.63) is 11.7 Å². The molecular weight excluding hydrogens is 292 g/mol. The maximum atomic E-state index is 11.4. The van der Waals surface area contributed by atoms with Crippen molar-refractivity contribution >= 4 is 10.0 Å². The molecule has 0 bridgehead atoms. The average molecular weight is 314 g/mol. The molecule has 7 nitrogen and oxygen atoms in total. The first-order valence-electron chi connectivity index (χ1n) is 7.58.